The Morgan fingerprint density at radius 3 is 2.52 bits per heavy atom. The molecule has 1 amide bonds. The Labute approximate surface area is 194 Å². The largest absolute Gasteiger partial charge is 0.497 e. The summed E-state index contributed by atoms with van der Waals surface area (Å²) in [4.78, 5) is 18.4. The van der Waals surface area contributed by atoms with Crippen LogP contribution in [0.3, 0.4) is 0 Å². The van der Waals surface area contributed by atoms with Crippen LogP contribution < -0.4 is 9.04 Å². The Kier molecular flexibility index (Phi) is 7.70. The summed E-state index contributed by atoms with van der Waals surface area (Å²) < 4.78 is 36.2. The van der Waals surface area contributed by atoms with E-state index < -0.39 is 10.0 Å². The van der Waals surface area contributed by atoms with Gasteiger partial charge in [0, 0.05) is 25.6 Å². The molecule has 1 heterocycles. The number of ether oxygens (including phenoxy) is 1. The summed E-state index contributed by atoms with van der Waals surface area (Å²) in [5.74, 6) is 1.29. The van der Waals surface area contributed by atoms with Crippen molar-refractivity contribution in [3.63, 3.8) is 0 Å². The van der Waals surface area contributed by atoms with Gasteiger partial charge < -0.3 is 14.2 Å². The molecule has 0 radical (unpaired) electrons. The summed E-state index contributed by atoms with van der Waals surface area (Å²) in [7, 11) is -0.302. The van der Waals surface area contributed by atoms with Crippen LogP contribution in [0.15, 0.2) is 53.1 Å². The van der Waals surface area contributed by atoms with Gasteiger partial charge in [0.1, 0.15) is 5.75 Å². The van der Waals surface area contributed by atoms with Crippen LogP contribution >= 0.6 is 0 Å². The lowest BCUT2D eigenvalue weighted by Crippen LogP contribution is -2.32. The first-order chi connectivity index (χ1) is 15.7. The molecule has 1 aromatic heterocycles. The highest BCUT2D eigenvalue weighted by atomic mass is 32.2. The van der Waals surface area contributed by atoms with E-state index in [9.17, 15) is 13.2 Å². The fourth-order valence-electron chi connectivity index (χ4n) is 3.31. The predicted octanol–water partition coefficient (Wildman–Crippen LogP) is 3.26. The zero-order valence-electron chi connectivity index (χ0n) is 19.2. The van der Waals surface area contributed by atoms with Crippen molar-refractivity contribution >= 4 is 21.6 Å². The van der Waals surface area contributed by atoms with E-state index in [4.69, 9.17) is 9.26 Å². The molecule has 0 aliphatic heterocycles. The summed E-state index contributed by atoms with van der Waals surface area (Å²) in [5.41, 5.74) is 2.45. The topological polar surface area (TPSA) is 106 Å². The van der Waals surface area contributed by atoms with Gasteiger partial charge in [0.2, 0.25) is 27.6 Å². The number of aryl methyl sites for hydroxylation is 1. The van der Waals surface area contributed by atoms with Crippen molar-refractivity contribution in [3.05, 3.63) is 60.0 Å². The van der Waals surface area contributed by atoms with Gasteiger partial charge in [0.05, 0.1) is 25.6 Å². The Bertz CT molecular complexity index is 1190. The third-order valence-corrected chi connectivity index (χ3v) is 6.25. The van der Waals surface area contributed by atoms with Gasteiger partial charge in [-0.15, -0.1) is 0 Å². The van der Waals surface area contributed by atoms with Crippen LogP contribution in [0.4, 0.5) is 5.69 Å². The lowest BCUT2D eigenvalue weighted by atomic mass is 10.1. The third kappa shape index (κ3) is 6.55. The summed E-state index contributed by atoms with van der Waals surface area (Å²) in [6, 6.07) is 14.5. The van der Waals surface area contributed by atoms with Crippen LogP contribution in [0.2, 0.25) is 0 Å². The number of anilines is 1. The van der Waals surface area contributed by atoms with E-state index in [0.717, 1.165) is 17.4 Å². The molecule has 0 N–H and O–H groups in total. The highest BCUT2D eigenvalue weighted by molar-refractivity contribution is 7.92. The highest BCUT2D eigenvalue weighted by Gasteiger charge is 2.19. The van der Waals surface area contributed by atoms with Gasteiger partial charge in [-0.25, -0.2) is 8.42 Å². The summed E-state index contributed by atoms with van der Waals surface area (Å²) in [6.07, 6.45) is 1.69. The van der Waals surface area contributed by atoms with Gasteiger partial charge in [-0.2, -0.15) is 4.98 Å². The maximum absolute atomic E-state index is 12.6. The van der Waals surface area contributed by atoms with Crippen molar-refractivity contribution in [2.75, 3.05) is 31.3 Å². The first kappa shape index (κ1) is 24.2. The molecule has 3 aromatic rings. The first-order valence-corrected chi connectivity index (χ1v) is 12.3. The van der Waals surface area contributed by atoms with Gasteiger partial charge in [-0.3, -0.25) is 9.10 Å². The van der Waals surface area contributed by atoms with E-state index in [1.165, 1.54) is 9.21 Å². The van der Waals surface area contributed by atoms with Crippen LogP contribution in [0, 0.1) is 6.92 Å². The number of carbonyl (C=O) groups excluding carboxylic acids is 1. The van der Waals surface area contributed by atoms with Crippen molar-refractivity contribution in [1.82, 2.24) is 15.0 Å². The molecule has 0 atom stereocenters. The molecule has 3 rings (SSSR count). The van der Waals surface area contributed by atoms with Crippen molar-refractivity contribution in [2.24, 2.45) is 0 Å². The van der Waals surface area contributed by atoms with Crippen LogP contribution in [-0.4, -0.2) is 56.3 Å². The van der Waals surface area contributed by atoms with Gasteiger partial charge in [-0.05, 0) is 43.7 Å². The normalized spacial score (nSPS) is 11.3. The SMILES string of the molecule is COc1ccc(N(CCCC(=O)N(C)Cc2nc(-c3cccc(C)c3)no2)S(C)(=O)=O)cc1. The van der Waals surface area contributed by atoms with Crippen molar-refractivity contribution in [3.8, 4) is 17.1 Å². The van der Waals surface area contributed by atoms with Crippen LogP contribution in [-0.2, 0) is 21.4 Å². The minimum atomic E-state index is -3.50. The zero-order chi connectivity index (χ0) is 24.0. The number of nitrogens with zero attached hydrogens (tertiary/aromatic N) is 4. The average molecular weight is 473 g/mol. The van der Waals surface area contributed by atoms with Gasteiger partial charge >= 0.3 is 0 Å². The zero-order valence-corrected chi connectivity index (χ0v) is 20.0. The third-order valence-electron chi connectivity index (χ3n) is 5.06. The van der Waals surface area contributed by atoms with E-state index in [-0.39, 0.29) is 25.4 Å². The number of aromatic nitrogens is 2. The number of amides is 1. The summed E-state index contributed by atoms with van der Waals surface area (Å²) >= 11 is 0. The average Bonchev–Trinajstić information content (AvgIpc) is 3.24. The standard InChI is InChI=1S/C23H28N4O5S/c1-17-7-5-8-18(15-17)23-24-21(32-25-23)16-26(2)22(28)9-6-14-27(33(4,29)30)19-10-12-20(31-3)13-11-19/h5,7-8,10-13,15H,6,9,14,16H2,1-4H3. The lowest BCUT2D eigenvalue weighted by Gasteiger charge is -2.23. The van der Waals surface area contributed by atoms with E-state index in [1.54, 1.807) is 38.4 Å². The Hall–Kier alpha value is -3.40. The Morgan fingerprint density at radius 2 is 1.88 bits per heavy atom. The van der Waals surface area contributed by atoms with E-state index in [1.807, 2.05) is 31.2 Å². The minimum absolute atomic E-state index is 0.145. The molecule has 0 saturated carbocycles. The van der Waals surface area contributed by atoms with E-state index >= 15 is 0 Å². The number of methoxy groups -OCH3 is 1. The first-order valence-electron chi connectivity index (χ1n) is 10.4. The number of hydrogen-bond donors (Lipinski definition) is 0. The molecule has 0 spiro atoms. The van der Waals surface area contributed by atoms with Crippen molar-refractivity contribution in [1.29, 1.82) is 0 Å². The monoisotopic (exact) mass is 472 g/mol. The van der Waals surface area contributed by atoms with E-state index in [2.05, 4.69) is 10.1 Å². The minimum Gasteiger partial charge on any atom is -0.497 e. The molecular weight excluding hydrogens is 444 g/mol. The van der Waals surface area contributed by atoms with Crippen LogP contribution in [0.25, 0.3) is 11.4 Å². The summed E-state index contributed by atoms with van der Waals surface area (Å²) in [5, 5.41) is 3.99. The molecule has 176 valence electrons. The van der Waals surface area contributed by atoms with E-state index in [0.29, 0.717) is 29.6 Å². The summed E-state index contributed by atoms with van der Waals surface area (Å²) in [6.45, 7) is 2.34. The fourth-order valence-corrected chi connectivity index (χ4v) is 4.28. The number of sulfonamides is 1. The quantitative estimate of drug-likeness (QED) is 0.446. The predicted molar refractivity (Wildman–Crippen MR) is 125 cm³/mol. The van der Waals surface area contributed by atoms with Gasteiger partial charge in [0.25, 0.3) is 0 Å². The molecule has 33 heavy (non-hydrogen) atoms. The van der Waals surface area contributed by atoms with Crippen molar-refractivity contribution < 1.29 is 22.5 Å². The molecule has 2 aromatic carbocycles. The smallest absolute Gasteiger partial charge is 0.246 e. The van der Waals surface area contributed by atoms with Crippen LogP contribution in [0.5, 0.6) is 5.75 Å². The number of hydrogen-bond acceptors (Lipinski definition) is 7. The second-order valence-corrected chi connectivity index (χ2v) is 9.67. The molecule has 10 heteroatoms. The fraction of sp³-hybridized carbons (Fsp3) is 0.348. The Balaban J connectivity index is 1.56. The second kappa shape index (κ2) is 10.5. The second-order valence-electron chi connectivity index (χ2n) is 7.77. The number of benzene rings is 2. The number of rotatable bonds is 10. The molecule has 9 nitrogen and oxygen atoms in total. The lowest BCUT2D eigenvalue weighted by molar-refractivity contribution is -0.130. The Morgan fingerprint density at radius 1 is 1.15 bits per heavy atom. The van der Waals surface area contributed by atoms with Gasteiger partial charge in [0.15, 0.2) is 0 Å². The molecule has 0 aliphatic rings. The molecule has 0 bridgehead atoms. The highest BCUT2D eigenvalue weighted by Crippen LogP contribution is 2.22. The number of carbonyl (C=O) groups is 1. The maximum Gasteiger partial charge on any atom is 0.246 e. The van der Waals surface area contributed by atoms with Crippen LogP contribution in [0.1, 0.15) is 24.3 Å². The van der Waals surface area contributed by atoms with Crippen molar-refractivity contribution in [2.45, 2.75) is 26.3 Å². The molecular formula is C23H28N4O5S. The molecule has 0 aliphatic carbocycles. The molecule has 0 fully saturated rings. The molecule has 0 unspecified atom stereocenters. The molecule has 0 saturated heterocycles. The van der Waals surface area contributed by atoms with Gasteiger partial charge in [-0.1, -0.05) is 28.9 Å². The maximum atomic E-state index is 12.6.